The molecule has 0 spiro atoms. The van der Waals surface area contributed by atoms with Crippen molar-refractivity contribution in [3.8, 4) is 0 Å². The molecule has 0 bridgehead atoms. The van der Waals surface area contributed by atoms with Crippen molar-refractivity contribution in [2.75, 3.05) is 31.1 Å². The van der Waals surface area contributed by atoms with E-state index in [1.165, 1.54) is 11.1 Å². The number of piperazine rings is 1. The quantitative estimate of drug-likeness (QED) is 0.920. The first-order chi connectivity index (χ1) is 12.3. The summed E-state index contributed by atoms with van der Waals surface area (Å²) in [5.74, 6) is 0.260. The lowest BCUT2D eigenvalue weighted by molar-refractivity contribution is 0.0995. The normalized spacial score (nSPS) is 15.9. The van der Waals surface area contributed by atoms with Gasteiger partial charge in [0.1, 0.15) is 11.5 Å². The summed E-state index contributed by atoms with van der Waals surface area (Å²) >= 11 is 0. The van der Waals surface area contributed by atoms with Crippen molar-refractivity contribution >= 4 is 11.7 Å². The van der Waals surface area contributed by atoms with Crippen LogP contribution in [0.2, 0.25) is 0 Å². The largest absolute Gasteiger partial charge is 0.364 e. The standard InChI is InChI=1S/C21H27N4O/c1-21(2,3)17-9-7-16(8-10-17)15-24-11-13-25(14-12-24)19-6-4-5-18(23-19)20(22)26/h4,6-10H,11-15H2,1-3H3,(H2,22,26). The zero-order chi connectivity index (χ0) is 18.7. The Balaban J connectivity index is 1.57. The topological polar surface area (TPSA) is 62.5 Å². The summed E-state index contributed by atoms with van der Waals surface area (Å²) in [6.07, 6.45) is 0. The maximum atomic E-state index is 11.3. The number of benzene rings is 1. The Hall–Kier alpha value is -2.40. The number of nitrogens with two attached hydrogens (primary N) is 1. The van der Waals surface area contributed by atoms with Crippen LogP contribution in [0.3, 0.4) is 0 Å². The molecule has 0 saturated carbocycles. The number of hydrogen-bond acceptors (Lipinski definition) is 4. The van der Waals surface area contributed by atoms with Gasteiger partial charge in [-0.05, 0) is 28.7 Å². The molecule has 2 heterocycles. The van der Waals surface area contributed by atoms with Crippen LogP contribution in [0, 0.1) is 6.07 Å². The molecule has 5 nitrogen and oxygen atoms in total. The van der Waals surface area contributed by atoms with Gasteiger partial charge in [0.05, 0.1) is 0 Å². The van der Waals surface area contributed by atoms with Gasteiger partial charge in [0, 0.05) is 38.8 Å². The highest BCUT2D eigenvalue weighted by molar-refractivity contribution is 5.90. The molecule has 0 aliphatic carbocycles. The minimum absolute atomic E-state index is 0.189. The Morgan fingerprint density at radius 3 is 2.35 bits per heavy atom. The number of pyridine rings is 1. The van der Waals surface area contributed by atoms with Crippen molar-refractivity contribution in [3.63, 3.8) is 0 Å². The van der Waals surface area contributed by atoms with Gasteiger partial charge in [-0.3, -0.25) is 9.69 Å². The van der Waals surface area contributed by atoms with E-state index in [1.54, 1.807) is 6.07 Å². The molecule has 0 unspecified atom stereocenters. The van der Waals surface area contributed by atoms with E-state index in [0.29, 0.717) is 0 Å². The van der Waals surface area contributed by atoms with E-state index in [1.807, 2.05) is 6.07 Å². The molecular weight excluding hydrogens is 324 g/mol. The molecule has 1 saturated heterocycles. The third-order valence-electron chi connectivity index (χ3n) is 4.83. The molecule has 137 valence electrons. The summed E-state index contributed by atoms with van der Waals surface area (Å²) in [5, 5.41) is 0. The van der Waals surface area contributed by atoms with Gasteiger partial charge in [0.15, 0.2) is 0 Å². The number of nitrogens with zero attached hydrogens (tertiary/aromatic N) is 3. The first kappa shape index (κ1) is 18.4. The summed E-state index contributed by atoms with van der Waals surface area (Å²) in [4.78, 5) is 20.2. The van der Waals surface area contributed by atoms with Crippen molar-refractivity contribution in [2.24, 2.45) is 5.73 Å². The third kappa shape index (κ3) is 4.41. The lowest BCUT2D eigenvalue weighted by Gasteiger charge is -2.35. The van der Waals surface area contributed by atoms with Crippen LogP contribution < -0.4 is 10.6 Å². The number of carbonyl (C=O) groups excluding carboxylic acids is 1. The first-order valence-corrected chi connectivity index (χ1v) is 9.08. The van der Waals surface area contributed by atoms with E-state index >= 15 is 0 Å². The van der Waals surface area contributed by atoms with Gasteiger partial charge in [-0.25, -0.2) is 4.98 Å². The monoisotopic (exact) mass is 351 g/mol. The van der Waals surface area contributed by atoms with Crippen molar-refractivity contribution < 1.29 is 4.79 Å². The Labute approximate surface area is 155 Å². The van der Waals surface area contributed by atoms with Crippen LogP contribution in [0.1, 0.15) is 42.4 Å². The molecule has 2 N–H and O–H groups in total. The molecule has 1 radical (unpaired) electrons. The number of rotatable bonds is 4. The van der Waals surface area contributed by atoms with E-state index in [9.17, 15) is 4.79 Å². The van der Waals surface area contributed by atoms with Gasteiger partial charge < -0.3 is 10.6 Å². The van der Waals surface area contributed by atoms with E-state index in [0.717, 1.165) is 38.5 Å². The van der Waals surface area contributed by atoms with E-state index in [-0.39, 0.29) is 11.1 Å². The molecule has 1 aromatic carbocycles. The summed E-state index contributed by atoms with van der Waals surface area (Å²) in [5.41, 5.74) is 8.39. The zero-order valence-corrected chi connectivity index (χ0v) is 15.8. The molecule has 3 rings (SSSR count). The minimum atomic E-state index is -0.538. The fraction of sp³-hybridized carbons (Fsp3) is 0.429. The maximum Gasteiger partial charge on any atom is 0.268 e. The summed E-state index contributed by atoms with van der Waals surface area (Å²) in [6.45, 7) is 11.4. The average Bonchev–Trinajstić information content (AvgIpc) is 2.62. The minimum Gasteiger partial charge on any atom is -0.364 e. The second-order valence-electron chi connectivity index (χ2n) is 7.87. The average molecular weight is 351 g/mol. The number of amides is 1. The van der Waals surface area contributed by atoms with Gasteiger partial charge in [0.2, 0.25) is 0 Å². The highest BCUT2D eigenvalue weighted by atomic mass is 16.1. The fourth-order valence-electron chi connectivity index (χ4n) is 3.19. The van der Waals surface area contributed by atoms with Crippen LogP contribution in [-0.2, 0) is 12.0 Å². The number of anilines is 1. The molecule has 1 amide bonds. The Bertz CT molecular complexity index is 756. The predicted octanol–water partition coefficient (Wildman–Crippen LogP) is 2.60. The lowest BCUT2D eigenvalue weighted by atomic mass is 9.87. The number of hydrogen-bond donors (Lipinski definition) is 1. The molecular formula is C21H27N4O. The van der Waals surface area contributed by atoms with Crippen LogP contribution in [-0.4, -0.2) is 42.0 Å². The van der Waals surface area contributed by atoms with Crippen molar-refractivity contribution in [2.45, 2.75) is 32.7 Å². The van der Waals surface area contributed by atoms with Crippen molar-refractivity contribution in [3.05, 3.63) is 59.3 Å². The van der Waals surface area contributed by atoms with Gasteiger partial charge in [-0.15, -0.1) is 0 Å². The van der Waals surface area contributed by atoms with Crippen LogP contribution in [0.25, 0.3) is 0 Å². The molecule has 2 aromatic rings. The molecule has 0 atom stereocenters. The van der Waals surface area contributed by atoms with Gasteiger partial charge in [-0.1, -0.05) is 45.0 Å². The third-order valence-corrected chi connectivity index (χ3v) is 4.83. The highest BCUT2D eigenvalue weighted by Crippen LogP contribution is 2.23. The van der Waals surface area contributed by atoms with Crippen molar-refractivity contribution in [1.29, 1.82) is 0 Å². The first-order valence-electron chi connectivity index (χ1n) is 9.08. The summed E-state index contributed by atoms with van der Waals surface area (Å²) < 4.78 is 0. The summed E-state index contributed by atoms with van der Waals surface area (Å²) in [7, 11) is 0. The number of aromatic nitrogens is 1. The van der Waals surface area contributed by atoms with Crippen molar-refractivity contribution in [1.82, 2.24) is 9.88 Å². The van der Waals surface area contributed by atoms with Crippen LogP contribution in [0.15, 0.2) is 36.4 Å². The van der Waals surface area contributed by atoms with Gasteiger partial charge in [-0.2, -0.15) is 0 Å². The highest BCUT2D eigenvalue weighted by Gasteiger charge is 2.19. The molecule has 26 heavy (non-hydrogen) atoms. The SMILES string of the molecule is CC(C)(C)c1ccc(CN2CCN(c3cc[c]c(C(N)=O)n3)CC2)cc1. The molecule has 1 aliphatic rings. The maximum absolute atomic E-state index is 11.3. The summed E-state index contributed by atoms with van der Waals surface area (Å²) in [6, 6.07) is 15.3. The van der Waals surface area contributed by atoms with Crippen LogP contribution in [0.4, 0.5) is 5.82 Å². The lowest BCUT2D eigenvalue weighted by Crippen LogP contribution is -2.46. The molecule has 1 aliphatic heterocycles. The second-order valence-corrected chi connectivity index (χ2v) is 7.87. The van der Waals surface area contributed by atoms with E-state index < -0.39 is 5.91 Å². The van der Waals surface area contributed by atoms with E-state index in [4.69, 9.17) is 5.73 Å². The van der Waals surface area contributed by atoms with Gasteiger partial charge in [0.25, 0.3) is 5.91 Å². The van der Waals surface area contributed by atoms with Crippen LogP contribution >= 0.6 is 0 Å². The Morgan fingerprint density at radius 2 is 1.77 bits per heavy atom. The van der Waals surface area contributed by atoms with Crippen LogP contribution in [0.5, 0.6) is 0 Å². The Morgan fingerprint density at radius 1 is 1.12 bits per heavy atom. The molecule has 5 heteroatoms. The fourth-order valence-corrected chi connectivity index (χ4v) is 3.19. The molecule has 1 fully saturated rings. The predicted molar refractivity (Wildman–Crippen MR) is 104 cm³/mol. The van der Waals surface area contributed by atoms with Gasteiger partial charge >= 0.3 is 0 Å². The molecule has 1 aromatic heterocycles. The second kappa shape index (κ2) is 7.46. The van der Waals surface area contributed by atoms with E-state index in [2.05, 4.69) is 65.9 Å². The Kier molecular flexibility index (Phi) is 5.28. The number of carbonyl (C=O) groups is 1. The smallest absolute Gasteiger partial charge is 0.268 e. The zero-order valence-electron chi connectivity index (χ0n) is 15.8. The number of primary amides is 1.